The third-order valence-electron chi connectivity index (χ3n) is 3.99. The number of benzene rings is 2. The summed E-state index contributed by atoms with van der Waals surface area (Å²) in [5, 5.41) is 10.0. The number of thiazole rings is 1. The molecule has 4 rings (SSSR count). The molecule has 0 spiro atoms. The smallest absolute Gasteiger partial charge is 0.264 e. The number of aromatic amines is 1. The molecule has 0 bridgehead atoms. The highest BCUT2D eigenvalue weighted by molar-refractivity contribution is 7.98. The second-order valence-electron chi connectivity index (χ2n) is 6.02. The quantitative estimate of drug-likeness (QED) is 0.463. The van der Waals surface area contributed by atoms with Crippen LogP contribution in [0.15, 0.2) is 71.5 Å². The number of carbonyl (C=O) groups excluding carboxylic acids is 1. The summed E-state index contributed by atoms with van der Waals surface area (Å²) >= 11 is 3.02. The normalized spacial score (nSPS) is 10.8. The Kier molecular flexibility index (Phi) is 5.50. The molecule has 0 radical (unpaired) electrons. The zero-order chi connectivity index (χ0) is 19.3. The molecule has 6 nitrogen and oxygen atoms in total. The molecule has 28 heavy (non-hydrogen) atoms. The van der Waals surface area contributed by atoms with Crippen LogP contribution in [0.1, 0.15) is 21.6 Å². The van der Waals surface area contributed by atoms with Crippen molar-refractivity contribution in [3.05, 3.63) is 83.1 Å². The number of aryl methyl sites for hydroxylation is 1. The van der Waals surface area contributed by atoms with Gasteiger partial charge < -0.3 is 0 Å². The molecule has 8 heteroatoms. The lowest BCUT2D eigenvalue weighted by Gasteiger charge is -2.20. The molecule has 1 N–H and O–H groups in total. The van der Waals surface area contributed by atoms with Crippen LogP contribution in [0.25, 0.3) is 0 Å². The van der Waals surface area contributed by atoms with E-state index in [0.29, 0.717) is 10.7 Å². The second-order valence-corrected chi connectivity index (χ2v) is 7.82. The number of rotatable bonds is 6. The van der Waals surface area contributed by atoms with Gasteiger partial charge in [-0.2, -0.15) is 5.10 Å². The van der Waals surface area contributed by atoms with Gasteiger partial charge >= 0.3 is 0 Å². The van der Waals surface area contributed by atoms with Crippen molar-refractivity contribution in [3.8, 4) is 0 Å². The lowest BCUT2D eigenvalue weighted by Crippen LogP contribution is -2.25. The largest absolute Gasteiger partial charge is 0.268 e. The van der Waals surface area contributed by atoms with E-state index in [1.165, 1.54) is 17.7 Å². The Morgan fingerprint density at radius 2 is 1.93 bits per heavy atom. The number of thioether (sulfide) groups is 1. The Morgan fingerprint density at radius 1 is 1.14 bits per heavy atom. The summed E-state index contributed by atoms with van der Waals surface area (Å²) in [7, 11) is 0. The minimum Gasteiger partial charge on any atom is -0.268 e. The van der Waals surface area contributed by atoms with E-state index in [9.17, 15) is 4.79 Å². The first-order valence-electron chi connectivity index (χ1n) is 8.59. The molecule has 0 aliphatic rings. The predicted molar refractivity (Wildman–Crippen MR) is 112 cm³/mol. The van der Waals surface area contributed by atoms with E-state index in [2.05, 4.69) is 20.2 Å². The Morgan fingerprint density at radius 3 is 2.57 bits per heavy atom. The van der Waals surface area contributed by atoms with E-state index in [-0.39, 0.29) is 5.91 Å². The summed E-state index contributed by atoms with van der Waals surface area (Å²) in [5.41, 5.74) is 3.42. The van der Waals surface area contributed by atoms with E-state index in [4.69, 9.17) is 0 Å². The zero-order valence-corrected chi connectivity index (χ0v) is 16.7. The lowest BCUT2D eigenvalue weighted by atomic mass is 10.1. The molecule has 2 aromatic carbocycles. The van der Waals surface area contributed by atoms with Crippen LogP contribution in [0, 0.1) is 6.92 Å². The van der Waals surface area contributed by atoms with E-state index >= 15 is 0 Å². The minimum absolute atomic E-state index is 0.102. The summed E-state index contributed by atoms with van der Waals surface area (Å²) in [6.07, 6.45) is 1.49. The van der Waals surface area contributed by atoms with Gasteiger partial charge in [-0.05, 0) is 36.8 Å². The minimum atomic E-state index is -0.102. The van der Waals surface area contributed by atoms with Gasteiger partial charge in [-0.15, -0.1) is 11.3 Å². The number of nitrogens with zero attached hydrogens (tertiary/aromatic N) is 4. The van der Waals surface area contributed by atoms with Crippen molar-refractivity contribution < 1.29 is 4.79 Å². The number of carbonyl (C=O) groups is 1. The predicted octanol–water partition coefficient (Wildman–Crippen LogP) is 4.84. The second kappa shape index (κ2) is 8.37. The van der Waals surface area contributed by atoms with Gasteiger partial charge in [0.05, 0.1) is 11.4 Å². The fraction of sp³-hybridized carbons (Fsp3) is 0.100. The van der Waals surface area contributed by atoms with Crippen molar-refractivity contribution in [1.29, 1.82) is 0 Å². The first-order valence-corrected chi connectivity index (χ1v) is 10.5. The van der Waals surface area contributed by atoms with Crippen LogP contribution < -0.4 is 4.90 Å². The molecule has 2 aromatic heterocycles. The van der Waals surface area contributed by atoms with Gasteiger partial charge in [0.25, 0.3) is 5.91 Å². The average molecular weight is 408 g/mol. The van der Waals surface area contributed by atoms with Crippen LogP contribution in [-0.2, 0) is 5.75 Å². The topological polar surface area (TPSA) is 74.8 Å². The van der Waals surface area contributed by atoms with E-state index in [1.54, 1.807) is 16.7 Å². The molecule has 4 aromatic rings. The number of hydrogen-bond donors (Lipinski definition) is 1. The molecule has 0 aliphatic carbocycles. The SMILES string of the molecule is Cc1csc(N(C(=O)c2ccc(CSc3ncn[nH]3)cc2)c2ccccc2)n1. The third kappa shape index (κ3) is 4.13. The molecular weight excluding hydrogens is 390 g/mol. The average Bonchev–Trinajstić information content (AvgIpc) is 3.40. The van der Waals surface area contributed by atoms with Crippen LogP contribution in [0.4, 0.5) is 10.8 Å². The standard InChI is InChI=1S/C20H17N5OS2/c1-14-11-28-20(23-14)25(17-5-3-2-4-6-17)18(26)16-9-7-15(8-10-16)12-27-19-21-13-22-24-19/h2-11,13H,12H2,1H3,(H,21,22,24). The van der Waals surface area contributed by atoms with Crippen molar-refractivity contribution in [2.75, 3.05) is 4.90 Å². The first kappa shape index (κ1) is 18.4. The van der Waals surface area contributed by atoms with Crippen LogP contribution >= 0.6 is 23.1 Å². The highest BCUT2D eigenvalue weighted by atomic mass is 32.2. The highest BCUT2D eigenvalue weighted by Crippen LogP contribution is 2.30. The maximum atomic E-state index is 13.3. The fourth-order valence-electron chi connectivity index (χ4n) is 2.62. The molecule has 0 aliphatic heterocycles. The van der Waals surface area contributed by atoms with Crippen LogP contribution in [0.5, 0.6) is 0 Å². The first-order chi connectivity index (χ1) is 13.7. The Balaban J connectivity index is 1.56. The molecule has 0 fully saturated rings. The monoisotopic (exact) mass is 407 g/mol. The number of aromatic nitrogens is 4. The summed E-state index contributed by atoms with van der Waals surface area (Å²) in [4.78, 5) is 23.6. The molecule has 0 unspecified atom stereocenters. The fourth-order valence-corrected chi connectivity index (χ4v) is 4.18. The maximum absolute atomic E-state index is 13.3. The summed E-state index contributed by atoms with van der Waals surface area (Å²) in [6, 6.07) is 17.2. The van der Waals surface area contributed by atoms with Crippen molar-refractivity contribution in [2.24, 2.45) is 0 Å². The number of hydrogen-bond acceptors (Lipinski definition) is 6. The number of para-hydroxylation sites is 1. The molecule has 0 saturated heterocycles. The van der Waals surface area contributed by atoms with Crippen molar-refractivity contribution >= 4 is 39.8 Å². The molecule has 0 atom stereocenters. The van der Waals surface area contributed by atoms with Gasteiger partial charge in [0, 0.05) is 16.7 Å². The van der Waals surface area contributed by atoms with E-state index in [0.717, 1.165) is 27.9 Å². The molecule has 2 heterocycles. The van der Waals surface area contributed by atoms with Crippen molar-refractivity contribution in [3.63, 3.8) is 0 Å². The van der Waals surface area contributed by atoms with Gasteiger partial charge in [0.1, 0.15) is 6.33 Å². The van der Waals surface area contributed by atoms with Crippen LogP contribution in [0.3, 0.4) is 0 Å². The Hall–Kier alpha value is -2.97. The van der Waals surface area contributed by atoms with Gasteiger partial charge in [-0.1, -0.05) is 42.1 Å². The Bertz CT molecular complexity index is 1050. The maximum Gasteiger partial charge on any atom is 0.264 e. The molecule has 140 valence electrons. The molecule has 1 amide bonds. The van der Waals surface area contributed by atoms with Gasteiger partial charge in [0.15, 0.2) is 10.3 Å². The van der Waals surface area contributed by atoms with Crippen LogP contribution in [0.2, 0.25) is 0 Å². The molecule has 0 saturated carbocycles. The lowest BCUT2D eigenvalue weighted by molar-refractivity contribution is 0.0999. The van der Waals surface area contributed by atoms with Gasteiger partial charge in [-0.25, -0.2) is 9.97 Å². The summed E-state index contributed by atoms with van der Waals surface area (Å²) in [5.74, 6) is 0.646. The van der Waals surface area contributed by atoms with Gasteiger partial charge in [-0.3, -0.25) is 14.8 Å². The van der Waals surface area contributed by atoms with Gasteiger partial charge in [0.2, 0.25) is 0 Å². The van der Waals surface area contributed by atoms with Crippen molar-refractivity contribution in [1.82, 2.24) is 20.2 Å². The molecular formula is C20H17N5OS2. The third-order valence-corrected chi connectivity index (χ3v) is 5.88. The number of anilines is 2. The Labute approximate surface area is 170 Å². The summed E-state index contributed by atoms with van der Waals surface area (Å²) < 4.78 is 0. The van der Waals surface area contributed by atoms with Crippen molar-refractivity contribution in [2.45, 2.75) is 17.8 Å². The zero-order valence-electron chi connectivity index (χ0n) is 15.1. The summed E-state index contributed by atoms with van der Waals surface area (Å²) in [6.45, 7) is 1.93. The van der Waals surface area contributed by atoms with E-state index < -0.39 is 0 Å². The number of amides is 1. The van der Waals surface area contributed by atoms with E-state index in [1.807, 2.05) is 66.9 Å². The van der Waals surface area contributed by atoms with Crippen LogP contribution in [-0.4, -0.2) is 26.1 Å². The number of H-pyrrole nitrogens is 1. The number of nitrogens with one attached hydrogen (secondary N) is 1. The highest BCUT2D eigenvalue weighted by Gasteiger charge is 2.22.